The fraction of sp³-hybridized carbons (Fsp3) is 0.500. The van der Waals surface area contributed by atoms with Crippen LogP contribution in [0.25, 0.3) is 0 Å². The minimum absolute atomic E-state index is 0.0578. The minimum Gasteiger partial charge on any atom is -0.487 e. The average Bonchev–Trinajstić information content (AvgIpc) is 2.41. The lowest BCUT2D eigenvalue weighted by Gasteiger charge is -2.48. The third kappa shape index (κ3) is 2.10. The second-order valence-corrected chi connectivity index (χ2v) is 6.22. The predicted molar refractivity (Wildman–Crippen MR) is 75.9 cm³/mol. The van der Waals surface area contributed by atoms with Crippen LogP contribution in [0.2, 0.25) is 0 Å². The summed E-state index contributed by atoms with van der Waals surface area (Å²) in [6.45, 7) is 3.23. The second kappa shape index (κ2) is 4.53. The van der Waals surface area contributed by atoms with Crippen LogP contribution in [0.1, 0.15) is 25.8 Å². The first kappa shape index (κ1) is 15.4. The Balaban J connectivity index is 2.30. The molecule has 0 aliphatic carbocycles. The summed E-state index contributed by atoms with van der Waals surface area (Å²) in [6, 6.07) is 5.48. The van der Waals surface area contributed by atoms with Crippen molar-refractivity contribution in [3.63, 3.8) is 0 Å². The van der Waals surface area contributed by atoms with Crippen molar-refractivity contribution in [2.24, 2.45) is 10.7 Å². The normalized spacial score (nSPS) is 30.6. The SMILES string of the molecule is CC1(C)C[C@@]2(N=C(N)OC([N+](=O)[O-])C2(F)F)c2ccccc2O1. The van der Waals surface area contributed by atoms with Crippen LogP contribution >= 0.6 is 0 Å². The average molecular weight is 327 g/mol. The maximum Gasteiger partial charge on any atom is 0.422 e. The lowest BCUT2D eigenvalue weighted by Crippen LogP contribution is -2.64. The van der Waals surface area contributed by atoms with Gasteiger partial charge in [0.25, 0.3) is 6.02 Å². The van der Waals surface area contributed by atoms with E-state index >= 15 is 8.78 Å². The molecule has 7 nitrogen and oxygen atoms in total. The van der Waals surface area contributed by atoms with Crippen molar-refractivity contribution in [1.82, 2.24) is 0 Å². The van der Waals surface area contributed by atoms with E-state index in [0.29, 0.717) is 0 Å². The van der Waals surface area contributed by atoms with E-state index in [0.717, 1.165) is 0 Å². The molecule has 0 radical (unpaired) electrons. The summed E-state index contributed by atoms with van der Waals surface area (Å²) in [5.74, 6) is -3.71. The number of ether oxygens (including phenoxy) is 2. The summed E-state index contributed by atoms with van der Waals surface area (Å²) in [5.41, 5.74) is 2.31. The van der Waals surface area contributed by atoms with E-state index in [9.17, 15) is 10.1 Å². The Labute approximate surface area is 130 Å². The topological polar surface area (TPSA) is 100.0 Å². The maximum absolute atomic E-state index is 15.1. The van der Waals surface area contributed by atoms with Gasteiger partial charge >= 0.3 is 12.2 Å². The summed E-state index contributed by atoms with van der Waals surface area (Å²) in [4.78, 5) is 13.7. The molecule has 2 heterocycles. The van der Waals surface area contributed by atoms with Crippen molar-refractivity contribution in [3.05, 3.63) is 39.9 Å². The highest BCUT2D eigenvalue weighted by Gasteiger charge is 2.72. The highest BCUT2D eigenvalue weighted by molar-refractivity contribution is 5.74. The first-order chi connectivity index (χ1) is 10.6. The number of amidine groups is 1. The summed E-state index contributed by atoms with van der Waals surface area (Å²) >= 11 is 0. The molecular weight excluding hydrogens is 312 g/mol. The van der Waals surface area contributed by atoms with Crippen LogP contribution in [-0.2, 0) is 10.3 Å². The third-order valence-corrected chi connectivity index (χ3v) is 3.99. The number of para-hydroxylation sites is 1. The molecule has 0 saturated heterocycles. The monoisotopic (exact) mass is 327 g/mol. The zero-order valence-corrected chi connectivity index (χ0v) is 12.5. The molecule has 0 amide bonds. The molecule has 3 rings (SSSR count). The van der Waals surface area contributed by atoms with E-state index in [-0.39, 0.29) is 17.7 Å². The molecule has 1 unspecified atom stereocenters. The van der Waals surface area contributed by atoms with Gasteiger partial charge in [0.05, 0.1) is 4.92 Å². The van der Waals surface area contributed by atoms with Crippen molar-refractivity contribution < 1.29 is 23.2 Å². The van der Waals surface area contributed by atoms with E-state index in [4.69, 9.17) is 10.5 Å². The van der Waals surface area contributed by atoms with Gasteiger partial charge in [0, 0.05) is 12.0 Å². The summed E-state index contributed by atoms with van der Waals surface area (Å²) in [6.07, 6.45) is -2.89. The predicted octanol–water partition coefficient (Wildman–Crippen LogP) is 2.03. The van der Waals surface area contributed by atoms with Gasteiger partial charge in [-0.25, -0.2) is 4.99 Å². The molecule has 23 heavy (non-hydrogen) atoms. The number of alkyl halides is 2. The van der Waals surface area contributed by atoms with Crippen LogP contribution in [0.5, 0.6) is 5.75 Å². The number of fused-ring (bicyclic) bond motifs is 2. The standard InChI is InChI=1S/C14H15F2N3O4/c1-12(2)7-13(8-5-3-4-6-9(8)23-12)14(15,16)10(19(20)21)22-11(17)18-13/h3-6,10H,7H2,1-2H3,(H2,17,18)/t10?,13-/m1/s1. The Kier molecular flexibility index (Phi) is 3.04. The number of nitro groups is 1. The van der Waals surface area contributed by atoms with Gasteiger partial charge in [-0.05, 0) is 19.9 Å². The molecule has 2 atom stereocenters. The fourth-order valence-corrected chi connectivity index (χ4v) is 3.20. The number of aliphatic imine (C=N–C) groups is 1. The van der Waals surface area contributed by atoms with Crippen molar-refractivity contribution in [2.75, 3.05) is 0 Å². The fourth-order valence-electron chi connectivity index (χ4n) is 3.20. The summed E-state index contributed by atoms with van der Waals surface area (Å²) in [5, 5.41) is 11.1. The number of benzene rings is 1. The van der Waals surface area contributed by atoms with E-state index < -0.39 is 34.2 Å². The second-order valence-electron chi connectivity index (χ2n) is 6.22. The molecule has 124 valence electrons. The molecule has 0 fully saturated rings. The molecule has 1 aromatic rings. The Morgan fingerprint density at radius 3 is 2.70 bits per heavy atom. The molecule has 0 bridgehead atoms. The van der Waals surface area contributed by atoms with Gasteiger partial charge in [0.1, 0.15) is 11.4 Å². The molecule has 0 aromatic heterocycles. The van der Waals surface area contributed by atoms with Crippen molar-refractivity contribution in [3.8, 4) is 5.75 Å². The first-order valence-electron chi connectivity index (χ1n) is 6.91. The van der Waals surface area contributed by atoms with E-state index in [2.05, 4.69) is 9.73 Å². The van der Waals surface area contributed by atoms with Gasteiger partial charge in [-0.15, -0.1) is 0 Å². The lowest BCUT2D eigenvalue weighted by atomic mass is 9.73. The smallest absolute Gasteiger partial charge is 0.422 e. The number of rotatable bonds is 1. The van der Waals surface area contributed by atoms with E-state index in [1.165, 1.54) is 12.1 Å². The van der Waals surface area contributed by atoms with Gasteiger partial charge < -0.3 is 15.2 Å². The van der Waals surface area contributed by atoms with E-state index in [1.807, 2.05) is 0 Å². The Hall–Kier alpha value is -2.45. The van der Waals surface area contributed by atoms with Crippen molar-refractivity contribution >= 4 is 6.02 Å². The maximum atomic E-state index is 15.1. The molecule has 1 spiro atoms. The van der Waals surface area contributed by atoms with Gasteiger partial charge in [0.2, 0.25) is 0 Å². The van der Waals surface area contributed by atoms with Crippen LogP contribution in [0, 0.1) is 10.1 Å². The summed E-state index contributed by atoms with van der Waals surface area (Å²) < 4.78 is 40.4. The van der Waals surface area contributed by atoms with Crippen molar-refractivity contribution in [2.45, 2.75) is 43.6 Å². The van der Waals surface area contributed by atoms with Gasteiger partial charge in [-0.2, -0.15) is 8.78 Å². The quantitative estimate of drug-likeness (QED) is 0.628. The van der Waals surface area contributed by atoms with Crippen LogP contribution in [0.15, 0.2) is 29.3 Å². The highest BCUT2D eigenvalue weighted by atomic mass is 19.3. The number of hydrogen-bond acceptors (Lipinski definition) is 6. The van der Waals surface area contributed by atoms with Crippen molar-refractivity contribution in [1.29, 1.82) is 0 Å². The Morgan fingerprint density at radius 2 is 2.04 bits per heavy atom. The van der Waals surface area contributed by atoms with Gasteiger partial charge in [-0.1, -0.05) is 18.2 Å². The van der Waals surface area contributed by atoms with Crippen LogP contribution in [0.3, 0.4) is 0 Å². The van der Waals surface area contributed by atoms with Crippen LogP contribution in [-0.4, -0.2) is 28.7 Å². The minimum atomic E-state index is -3.91. The highest BCUT2D eigenvalue weighted by Crippen LogP contribution is 2.56. The largest absolute Gasteiger partial charge is 0.487 e. The lowest BCUT2D eigenvalue weighted by molar-refractivity contribution is -0.602. The zero-order valence-electron chi connectivity index (χ0n) is 12.5. The number of hydrogen-bond donors (Lipinski definition) is 1. The Morgan fingerprint density at radius 1 is 1.39 bits per heavy atom. The number of nitrogens with two attached hydrogens (primary N) is 1. The molecule has 1 aromatic carbocycles. The third-order valence-electron chi connectivity index (χ3n) is 3.99. The molecular formula is C14H15F2N3O4. The molecule has 2 aliphatic rings. The molecule has 2 N–H and O–H groups in total. The molecule has 2 aliphatic heterocycles. The summed E-state index contributed by atoms with van der Waals surface area (Å²) in [7, 11) is 0. The van der Waals surface area contributed by atoms with Gasteiger partial charge in [-0.3, -0.25) is 10.1 Å². The number of nitrogens with zero attached hydrogens (tertiary/aromatic N) is 2. The zero-order chi connectivity index (χ0) is 17.0. The van der Waals surface area contributed by atoms with E-state index in [1.54, 1.807) is 26.0 Å². The number of halogens is 2. The Bertz CT molecular complexity index is 707. The molecule has 0 saturated carbocycles. The van der Waals surface area contributed by atoms with Crippen LogP contribution < -0.4 is 10.5 Å². The van der Waals surface area contributed by atoms with Gasteiger partial charge in [0.15, 0.2) is 5.54 Å². The molecule has 9 heteroatoms. The first-order valence-corrected chi connectivity index (χ1v) is 6.91. The van der Waals surface area contributed by atoms with Crippen LogP contribution in [0.4, 0.5) is 8.78 Å².